The average Bonchev–Trinajstić information content (AvgIpc) is 3.06. The average molecular weight is 369 g/mol. The third kappa shape index (κ3) is 3.69. The Morgan fingerprint density at radius 1 is 1.41 bits per heavy atom. The summed E-state index contributed by atoms with van der Waals surface area (Å²) in [6, 6.07) is 7.98. The van der Waals surface area contributed by atoms with Gasteiger partial charge in [0.05, 0.1) is 0 Å². The number of amides is 1. The Balaban J connectivity index is 1.79. The molecule has 144 valence electrons. The quantitative estimate of drug-likeness (QED) is 0.719. The highest BCUT2D eigenvalue weighted by atomic mass is 16.7. The molecule has 1 aromatic carbocycles. The molecule has 27 heavy (non-hydrogen) atoms. The van der Waals surface area contributed by atoms with Crippen LogP contribution in [0.2, 0.25) is 0 Å². The number of hydrogen-bond donors (Lipinski definition) is 0. The third-order valence-corrected chi connectivity index (χ3v) is 5.76. The van der Waals surface area contributed by atoms with E-state index in [1.807, 2.05) is 24.3 Å². The molecule has 1 fully saturated rings. The Kier molecular flexibility index (Phi) is 5.51. The van der Waals surface area contributed by atoms with Gasteiger partial charge in [-0.1, -0.05) is 25.1 Å². The van der Waals surface area contributed by atoms with E-state index < -0.39 is 5.60 Å². The van der Waals surface area contributed by atoms with Crippen molar-refractivity contribution in [2.75, 3.05) is 18.7 Å². The Morgan fingerprint density at radius 2 is 2.11 bits per heavy atom. The highest BCUT2D eigenvalue weighted by molar-refractivity contribution is 5.94. The summed E-state index contributed by atoms with van der Waals surface area (Å²) in [5.41, 5.74) is 1.47. The van der Waals surface area contributed by atoms with Gasteiger partial charge >= 0.3 is 0 Å². The molecule has 3 atom stereocenters. The van der Waals surface area contributed by atoms with Gasteiger partial charge in [0, 0.05) is 31.7 Å². The lowest BCUT2D eigenvalue weighted by Crippen LogP contribution is -2.44. The molecule has 0 bridgehead atoms. The normalized spacial score (nSPS) is 25.2. The number of anilines is 1. The van der Waals surface area contributed by atoms with Gasteiger partial charge in [0.2, 0.25) is 5.91 Å². The minimum absolute atomic E-state index is 0.00132. The van der Waals surface area contributed by atoms with Crippen molar-refractivity contribution in [3.63, 3.8) is 0 Å². The molecule has 1 saturated heterocycles. The minimum Gasteiger partial charge on any atom is -0.469 e. The largest absolute Gasteiger partial charge is 0.469 e. The molecule has 5 nitrogen and oxygen atoms in total. The lowest BCUT2D eigenvalue weighted by atomic mass is 9.71. The number of rotatable bonds is 6. The molecule has 0 radical (unpaired) electrons. The maximum absolute atomic E-state index is 12.3. The van der Waals surface area contributed by atoms with Crippen molar-refractivity contribution in [1.82, 2.24) is 0 Å². The van der Waals surface area contributed by atoms with Crippen molar-refractivity contribution in [3.05, 3.63) is 54.3 Å². The molecule has 5 heteroatoms. The van der Waals surface area contributed by atoms with Gasteiger partial charge in [-0.2, -0.15) is 0 Å². The monoisotopic (exact) mass is 369 g/mol. The van der Waals surface area contributed by atoms with Crippen LogP contribution in [0.3, 0.4) is 0 Å². The number of carbonyl (C=O) groups is 2. The third-order valence-electron chi connectivity index (χ3n) is 5.76. The fourth-order valence-corrected chi connectivity index (χ4v) is 3.97. The summed E-state index contributed by atoms with van der Waals surface area (Å²) in [7, 11) is 1.76. The number of nitrogens with zero attached hydrogens (tertiary/aromatic N) is 1. The molecule has 1 heterocycles. The minimum atomic E-state index is -0.559. The smallest absolute Gasteiger partial charge is 0.223 e. The molecule has 1 aliphatic carbocycles. The predicted molar refractivity (Wildman–Crippen MR) is 104 cm³/mol. The summed E-state index contributed by atoms with van der Waals surface area (Å²) < 4.78 is 11.7. The standard InChI is InChI=1S/C22H27NO4/c1-5-6-18-13-22(21(12-20(18)25)26-14-27-22)15(2)11-17-7-9-19(10-8-17)23(4)16(3)24/h5,7-10,12,15,18H,1,6,11,13-14H2,2-4H3/t15-,18-,22+/m0/s1. The van der Waals surface area contributed by atoms with E-state index in [4.69, 9.17) is 9.47 Å². The fourth-order valence-electron chi connectivity index (χ4n) is 3.97. The first kappa shape index (κ1) is 19.4. The number of allylic oxidation sites excluding steroid dienone is 2. The van der Waals surface area contributed by atoms with E-state index in [0.29, 0.717) is 18.6 Å². The summed E-state index contributed by atoms with van der Waals surface area (Å²) in [5, 5.41) is 0. The van der Waals surface area contributed by atoms with E-state index in [9.17, 15) is 9.59 Å². The van der Waals surface area contributed by atoms with Gasteiger partial charge in [0.25, 0.3) is 0 Å². The van der Waals surface area contributed by atoms with Crippen LogP contribution in [0.5, 0.6) is 0 Å². The second-order valence-electron chi connectivity index (χ2n) is 7.48. The Hall–Kier alpha value is -2.40. The van der Waals surface area contributed by atoms with Gasteiger partial charge in [-0.15, -0.1) is 6.58 Å². The number of hydrogen-bond acceptors (Lipinski definition) is 4. The second kappa shape index (κ2) is 7.69. The zero-order valence-electron chi connectivity index (χ0n) is 16.2. The zero-order valence-corrected chi connectivity index (χ0v) is 16.2. The van der Waals surface area contributed by atoms with Crippen LogP contribution >= 0.6 is 0 Å². The van der Waals surface area contributed by atoms with Crippen molar-refractivity contribution in [2.45, 2.75) is 38.7 Å². The fraction of sp³-hybridized carbons (Fsp3) is 0.455. The van der Waals surface area contributed by atoms with Gasteiger partial charge in [-0.25, -0.2) is 0 Å². The van der Waals surface area contributed by atoms with Crippen LogP contribution in [0.25, 0.3) is 0 Å². The molecule has 2 aliphatic rings. The molecular formula is C22H27NO4. The van der Waals surface area contributed by atoms with Gasteiger partial charge in [0.1, 0.15) is 11.4 Å². The molecule has 1 aliphatic heterocycles. The van der Waals surface area contributed by atoms with Crippen LogP contribution in [-0.2, 0) is 25.5 Å². The number of fused-ring (bicyclic) bond motifs is 1. The van der Waals surface area contributed by atoms with E-state index in [1.165, 1.54) is 0 Å². The Bertz CT molecular complexity index is 767. The topological polar surface area (TPSA) is 55.8 Å². The van der Waals surface area contributed by atoms with Crippen LogP contribution in [-0.4, -0.2) is 31.1 Å². The van der Waals surface area contributed by atoms with Crippen molar-refractivity contribution < 1.29 is 19.1 Å². The predicted octanol–water partition coefficient (Wildman–Crippen LogP) is 3.64. The molecular weight excluding hydrogens is 342 g/mol. The number of ether oxygens (including phenoxy) is 2. The van der Waals surface area contributed by atoms with E-state index in [-0.39, 0.29) is 30.3 Å². The highest BCUT2D eigenvalue weighted by Gasteiger charge is 2.51. The maximum atomic E-state index is 12.3. The molecule has 0 N–H and O–H groups in total. The lowest BCUT2D eigenvalue weighted by Gasteiger charge is -2.38. The summed E-state index contributed by atoms with van der Waals surface area (Å²) in [6.07, 6.45) is 5.47. The molecule has 1 amide bonds. The van der Waals surface area contributed by atoms with Gasteiger partial charge in [-0.05, 0) is 42.9 Å². The first-order valence-corrected chi connectivity index (χ1v) is 9.34. The van der Waals surface area contributed by atoms with Crippen molar-refractivity contribution in [1.29, 1.82) is 0 Å². The maximum Gasteiger partial charge on any atom is 0.223 e. The highest BCUT2D eigenvalue weighted by Crippen LogP contribution is 2.46. The van der Waals surface area contributed by atoms with Crippen molar-refractivity contribution in [3.8, 4) is 0 Å². The molecule has 0 aromatic heterocycles. The van der Waals surface area contributed by atoms with Crippen LogP contribution in [0.4, 0.5) is 5.69 Å². The second-order valence-corrected chi connectivity index (χ2v) is 7.48. The van der Waals surface area contributed by atoms with E-state index >= 15 is 0 Å². The summed E-state index contributed by atoms with van der Waals surface area (Å²) in [5.74, 6) is 0.787. The SMILES string of the molecule is C=CC[C@H]1C[C@]2([C@@H](C)Cc3ccc(N(C)C(C)=O)cc3)OCOC2=CC1=O. The van der Waals surface area contributed by atoms with Gasteiger partial charge in [-0.3, -0.25) is 9.59 Å². The first-order chi connectivity index (χ1) is 12.9. The number of ketones is 1. The van der Waals surface area contributed by atoms with Crippen LogP contribution in [0, 0.1) is 11.8 Å². The van der Waals surface area contributed by atoms with Gasteiger partial charge in [0.15, 0.2) is 12.6 Å². The van der Waals surface area contributed by atoms with E-state index in [0.717, 1.165) is 17.7 Å². The molecule has 1 aromatic rings. The van der Waals surface area contributed by atoms with Crippen molar-refractivity contribution >= 4 is 17.4 Å². The number of benzene rings is 1. The van der Waals surface area contributed by atoms with Crippen LogP contribution in [0.15, 0.2) is 48.8 Å². The summed E-state index contributed by atoms with van der Waals surface area (Å²) in [4.78, 5) is 25.4. The van der Waals surface area contributed by atoms with E-state index in [1.54, 1.807) is 31.0 Å². The van der Waals surface area contributed by atoms with Gasteiger partial charge < -0.3 is 14.4 Å². The number of carbonyl (C=O) groups excluding carboxylic acids is 2. The van der Waals surface area contributed by atoms with E-state index in [2.05, 4.69) is 13.5 Å². The lowest BCUT2D eigenvalue weighted by molar-refractivity contribution is -0.123. The Morgan fingerprint density at radius 3 is 2.74 bits per heavy atom. The molecule has 0 unspecified atom stereocenters. The summed E-state index contributed by atoms with van der Waals surface area (Å²) >= 11 is 0. The van der Waals surface area contributed by atoms with Crippen LogP contribution < -0.4 is 4.90 Å². The van der Waals surface area contributed by atoms with Crippen molar-refractivity contribution in [2.24, 2.45) is 11.8 Å². The summed E-state index contributed by atoms with van der Waals surface area (Å²) in [6.45, 7) is 7.64. The molecule has 0 saturated carbocycles. The molecule has 0 spiro atoms. The first-order valence-electron chi connectivity index (χ1n) is 9.34. The van der Waals surface area contributed by atoms with Crippen LogP contribution in [0.1, 0.15) is 32.3 Å². The molecule has 3 rings (SSSR count). The zero-order chi connectivity index (χ0) is 19.6. The Labute approximate surface area is 160 Å².